The standard InChI is InChI=1S/C24H21F2NO2/c1-23(2,3)14-8-10-15(11-9-14)27-24(26)13-12-18(25)19-20(24)22(29)17-7-5-4-6-16(17)21(19)28/h4-12,27H,13H2,1-3H3. The molecule has 0 saturated heterocycles. The summed E-state index contributed by atoms with van der Waals surface area (Å²) in [4.78, 5) is 25.9. The van der Waals surface area contributed by atoms with Crippen LogP contribution in [0.4, 0.5) is 14.5 Å². The topological polar surface area (TPSA) is 46.2 Å². The number of ketones is 2. The molecular formula is C24H21F2NO2. The third kappa shape index (κ3) is 3.11. The van der Waals surface area contributed by atoms with E-state index in [-0.39, 0.29) is 23.0 Å². The summed E-state index contributed by atoms with van der Waals surface area (Å²) in [5.41, 5.74) is 0.706. The summed E-state index contributed by atoms with van der Waals surface area (Å²) in [5, 5.41) is 2.73. The molecule has 0 heterocycles. The molecule has 0 radical (unpaired) electrons. The zero-order chi connectivity index (χ0) is 21.0. The molecule has 0 fully saturated rings. The Morgan fingerprint density at radius 3 is 2.10 bits per heavy atom. The zero-order valence-corrected chi connectivity index (χ0v) is 16.5. The molecule has 2 aromatic rings. The Kier molecular flexibility index (Phi) is 4.30. The predicted molar refractivity (Wildman–Crippen MR) is 109 cm³/mol. The second-order valence-corrected chi connectivity index (χ2v) is 8.46. The Hall–Kier alpha value is -3.08. The first-order valence-corrected chi connectivity index (χ1v) is 9.49. The zero-order valence-electron chi connectivity index (χ0n) is 16.5. The van der Waals surface area contributed by atoms with Crippen molar-refractivity contribution in [1.29, 1.82) is 0 Å². The van der Waals surface area contributed by atoms with Gasteiger partial charge in [0, 0.05) is 23.2 Å². The number of halogens is 2. The van der Waals surface area contributed by atoms with Crippen LogP contribution in [0.25, 0.3) is 0 Å². The molecule has 4 rings (SSSR count). The Balaban J connectivity index is 1.77. The Morgan fingerprint density at radius 2 is 1.52 bits per heavy atom. The van der Waals surface area contributed by atoms with E-state index in [0.717, 1.165) is 11.6 Å². The number of allylic oxidation sites excluding steroid dienone is 2. The lowest BCUT2D eigenvalue weighted by Gasteiger charge is -2.35. The molecule has 0 saturated carbocycles. The van der Waals surface area contributed by atoms with Gasteiger partial charge in [-0.2, -0.15) is 0 Å². The first-order valence-electron chi connectivity index (χ1n) is 9.49. The molecule has 29 heavy (non-hydrogen) atoms. The number of alkyl halides is 1. The summed E-state index contributed by atoms with van der Waals surface area (Å²) in [7, 11) is 0. The van der Waals surface area contributed by atoms with Gasteiger partial charge in [-0.3, -0.25) is 9.59 Å². The van der Waals surface area contributed by atoms with Crippen molar-refractivity contribution in [3.8, 4) is 0 Å². The van der Waals surface area contributed by atoms with E-state index in [4.69, 9.17) is 0 Å². The van der Waals surface area contributed by atoms with Gasteiger partial charge < -0.3 is 5.32 Å². The van der Waals surface area contributed by atoms with Crippen LogP contribution in [-0.4, -0.2) is 17.4 Å². The Morgan fingerprint density at radius 1 is 0.931 bits per heavy atom. The van der Waals surface area contributed by atoms with Gasteiger partial charge in [0.2, 0.25) is 5.79 Å². The van der Waals surface area contributed by atoms with Gasteiger partial charge in [0.1, 0.15) is 5.83 Å². The van der Waals surface area contributed by atoms with E-state index in [1.165, 1.54) is 12.1 Å². The lowest BCUT2D eigenvalue weighted by Crippen LogP contribution is -2.44. The summed E-state index contributed by atoms with van der Waals surface area (Å²) in [5.74, 6) is -4.57. The molecule has 1 unspecified atom stereocenters. The van der Waals surface area contributed by atoms with Crippen LogP contribution in [-0.2, 0) is 5.41 Å². The maximum atomic E-state index is 16.1. The molecular weight excluding hydrogens is 372 g/mol. The summed E-state index contributed by atoms with van der Waals surface area (Å²) in [6.07, 6.45) is 0.633. The molecule has 0 bridgehead atoms. The highest BCUT2D eigenvalue weighted by atomic mass is 19.1. The largest absolute Gasteiger partial charge is 0.349 e. The van der Waals surface area contributed by atoms with Gasteiger partial charge in [0.05, 0.1) is 11.1 Å². The maximum absolute atomic E-state index is 16.1. The van der Waals surface area contributed by atoms with Crippen LogP contribution in [0.5, 0.6) is 0 Å². The fourth-order valence-corrected chi connectivity index (χ4v) is 3.81. The molecule has 0 aliphatic heterocycles. The van der Waals surface area contributed by atoms with E-state index in [9.17, 15) is 14.0 Å². The highest BCUT2D eigenvalue weighted by Crippen LogP contribution is 2.43. The van der Waals surface area contributed by atoms with Crippen molar-refractivity contribution in [1.82, 2.24) is 0 Å². The van der Waals surface area contributed by atoms with Crippen LogP contribution in [0.3, 0.4) is 0 Å². The number of fused-ring (bicyclic) bond motifs is 1. The average molecular weight is 393 g/mol. The van der Waals surface area contributed by atoms with Gasteiger partial charge in [-0.05, 0) is 29.2 Å². The van der Waals surface area contributed by atoms with Crippen LogP contribution in [0.15, 0.2) is 71.6 Å². The van der Waals surface area contributed by atoms with Crippen LogP contribution < -0.4 is 5.32 Å². The van der Waals surface area contributed by atoms with Crippen molar-refractivity contribution < 1.29 is 18.4 Å². The van der Waals surface area contributed by atoms with E-state index in [0.29, 0.717) is 5.69 Å². The molecule has 148 valence electrons. The first kappa shape index (κ1) is 19.2. The molecule has 0 amide bonds. The SMILES string of the molecule is CC(C)(C)c1ccc(NC2(F)CC=C(F)C3=C2C(=O)c2ccccc2C3=O)cc1. The maximum Gasteiger partial charge on any atom is 0.214 e. The Labute approximate surface area is 168 Å². The van der Waals surface area contributed by atoms with E-state index >= 15 is 4.39 Å². The monoisotopic (exact) mass is 393 g/mol. The third-order valence-corrected chi connectivity index (χ3v) is 5.41. The van der Waals surface area contributed by atoms with Gasteiger partial charge in [0.15, 0.2) is 11.6 Å². The van der Waals surface area contributed by atoms with Gasteiger partial charge >= 0.3 is 0 Å². The van der Waals surface area contributed by atoms with Crippen molar-refractivity contribution in [2.45, 2.75) is 38.4 Å². The minimum Gasteiger partial charge on any atom is -0.349 e. The Bertz CT molecular complexity index is 1090. The molecule has 0 spiro atoms. The number of nitrogens with one attached hydrogen (secondary N) is 1. The van der Waals surface area contributed by atoms with Crippen molar-refractivity contribution >= 4 is 17.3 Å². The molecule has 1 atom stereocenters. The average Bonchev–Trinajstić information content (AvgIpc) is 2.68. The number of rotatable bonds is 2. The summed E-state index contributed by atoms with van der Waals surface area (Å²) in [6, 6.07) is 13.3. The number of hydrogen-bond acceptors (Lipinski definition) is 3. The van der Waals surface area contributed by atoms with E-state index in [2.05, 4.69) is 26.1 Å². The number of hydrogen-bond donors (Lipinski definition) is 1. The molecule has 3 nitrogen and oxygen atoms in total. The number of carbonyl (C=O) groups excluding carboxylic acids is 2. The lowest BCUT2D eigenvalue weighted by molar-refractivity contribution is 0.0932. The van der Waals surface area contributed by atoms with Gasteiger partial charge in [0.25, 0.3) is 0 Å². The highest BCUT2D eigenvalue weighted by molar-refractivity contribution is 6.29. The number of benzene rings is 2. The molecule has 5 heteroatoms. The summed E-state index contributed by atoms with van der Waals surface area (Å²) >= 11 is 0. The predicted octanol–water partition coefficient (Wildman–Crippen LogP) is 5.69. The normalized spacial score (nSPS) is 21.5. The van der Waals surface area contributed by atoms with Crippen molar-refractivity contribution in [3.05, 3.63) is 88.3 Å². The number of anilines is 1. The second kappa shape index (κ2) is 6.48. The first-order chi connectivity index (χ1) is 13.6. The fourth-order valence-electron chi connectivity index (χ4n) is 3.81. The van der Waals surface area contributed by atoms with E-state index in [1.54, 1.807) is 24.3 Å². The molecule has 1 N–H and O–H groups in total. The minimum atomic E-state index is -2.38. The van der Waals surface area contributed by atoms with E-state index in [1.807, 2.05) is 12.1 Å². The highest BCUT2D eigenvalue weighted by Gasteiger charge is 2.48. The van der Waals surface area contributed by atoms with Crippen molar-refractivity contribution in [2.24, 2.45) is 0 Å². The van der Waals surface area contributed by atoms with Crippen molar-refractivity contribution in [2.75, 3.05) is 5.32 Å². The smallest absolute Gasteiger partial charge is 0.214 e. The third-order valence-electron chi connectivity index (χ3n) is 5.41. The molecule has 2 aliphatic rings. The van der Waals surface area contributed by atoms with Gasteiger partial charge in [-0.1, -0.05) is 57.2 Å². The molecule has 2 aromatic carbocycles. The van der Waals surface area contributed by atoms with Gasteiger partial charge in [-0.15, -0.1) is 0 Å². The molecule has 0 aromatic heterocycles. The van der Waals surface area contributed by atoms with Crippen LogP contribution >= 0.6 is 0 Å². The van der Waals surface area contributed by atoms with Crippen molar-refractivity contribution in [3.63, 3.8) is 0 Å². The van der Waals surface area contributed by atoms with E-state index < -0.39 is 34.3 Å². The van der Waals surface area contributed by atoms with Crippen LogP contribution in [0.2, 0.25) is 0 Å². The molecule has 2 aliphatic carbocycles. The number of carbonyl (C=O) groups is 2. The quantitative estimate of drug-likeness (QED) is 0.666. The summed E-state index contributed by atoms with van der Waals surface area (Å²) in [6.45, 7) is 6.21. The van der Waals surface area contributed by atoms with Crippen LogP contribution in [0, 0.1) is 0 Å². The summed E-state index contributed by atoms with van der Waals surface area (Å²) < 4.78 is 30.6. The minimum absolute atomic E-state index is 0.0617. The van der Waals surface area contributed by atoms with Crippen LogP contribution in [0.1, 0.15) is 53.5 Å². The lowest BCUT2D eigenvalue weighted by atomic mass is 9.76. The van der Waals surface area contributed by atoms with Gasteiger partial charge in [-0.25, -0.2) is 8.78 Å². The second-order valence-electron chi connectivity index (χ2n) is 8.46. The number of Topliss-reactive ketones (excluding diaryl/α,β-unsaturated/α-hetero) is 2. The fraction of sp³-hybridized carbons (Fsp3) is 0.250.